The predicted octanol–water partition coefficient (Wildman–Crippen LogP) is -1.97. The molecular formula is C8H15N5O3S. The van der Waals surface area contributed by atoms with Crippen molar-refractivity contribution in [2.24, 2.45) is 11.5 Å². The van der Waals surface area contributed by atoms with Gasteiger partial charge in [-0.2, -0.15) is 0 Å². The number of rotatable bonds is 7. The molecule has 0 aliphatic rings. The van der Waals surface area contributed by atoms with Crippen molar-refractivity contribution in [3.8, 4) is 0 Å². The lowest BCUT2D eigenvalue weighted by atomic mass is 10.5. The molecule has 0 fully saturated rings. The summed E-state index contributed by atoms with van der Waals surface area (Å²) >= 11 is 0. The topological polar surface area (TPSA) is 134 Å². The Labute approximate surface area is 98.9 Å². The zero-order chi connectivity index (χ0) is 12.9. The van der Waals surface area contributed by atoms with Gasteiger partial charge in [-0.1, -0.05) is 5.21 Å². The SMILES string of the molecule is NCc1cn(CCS(=O)(=O)CCC(N)=O)nn1. The maximum atomic E-state index is 11.5. The van der Waals surface area contributed by atoms with Crippen molar-refractivity contribution >= 4 is 15.7 Å². The molecule has 0 aromatic carbocycles. The minimum Gasteiger partial charge on any atom is -0.370 e. The quantitative estimate of drug-likeness (QED) is 0.584. The maximum Gasteiger partial charge on any atom is 0.218 e. The number of carbonyl (C=O) groups excluding carboxylic acids is 1. The van der Waals surface area contributed by atoms with Gasteiger partial charge in [-0.25, -0.2) is 8.42 Å². The van der Waals surface area contributed by atoms with E-state index in [1.54, 1.807) is 6.20 Å². The molecule has 9 heteroatoms. The van der Waals surface area contributed by atoms with Gasteiger partial charge in [0.15, 0.2) is 9.84 Å². The highest BCUT2D eigenvalue weighted by Gasteiger charge is 2.13. The van der Waals surface area contributed by atoms with Crippen molar-refractivity contribution in [2.75, 3.05) is 11.5 Å². The lowest BCUT2D eigenvalue weighted by Gasteiger charge is -2.02. The molecule has 1 heterocycles. The molecule has 1 aromatic rings. The van der Waals surface area contributed by atoms with Crippen LogP contribution in [-0.4, -0.2) is 40.8 Å². The van der Waals surface area contributed by atoms with Crippen LogP contribution < -0.4 is 11.5 Å². The summed E-state index contributed by atoms with van der Waals surface area (Å²) in [6.45, 7) is 0.447. The lowest BCUT2D eigenvalue weighted by molar-refractivity contribution is -0.117. The van der Waals surface area contributed by atoms with Gasteiger partial charge in [-0.15, -0.1) is 5.10 Å². The molecule has 1 rings (SSSR count). The van der Waals surface area contributed by atoms with Gasteiger partial charge >= 0.3 is 0 Å². The summed E-state index contributed by atoms with van der Waals surface area (Å²) in [6, 6.07) is 0. The van der Waals surface area contributed by atoms with Crippen molar-refractivity contribution in [2.45, 2.75) is 19.5 Å². The van der Waals surface area contributed by atoms with Gasteiger partial charge < -0.3 is 11.5 Å². The number of hydrogen-bond donors (Lipinski definition) is 2. The summed E-state index contributed by atoms with van der Waals surface area (Å²) in [5, 5.41) is 7.44. The highest BCUT2D eigenvalue weighted by atomic mass is 32.2. The van der Waals surface area contributed by atoms with Gasteiger partial charge in [-0.3, -0.25) is 9.48 Å². The van der Waals surface area contributed by atoms with E-state index < -0.39 is 15.7 Å². The number of amides is 1. The third-order valence-corrected chi connectivity index (χ3v) is 3.72. The van der Waals surface area contributed by atoms with Crippen molar-refractivity contribution in [1.29, 1.82) is 0 Å². The number of aromatic nitrogens is 3. The first kappa shape index (κ1) is 13.6. The molecule has 0 atom stereocenters. The first-order chi connectivity index (χ1) is 7.93. The Morgan fingerprint density at radius 2 is 2.12 bits per heavy atom. The second-order valence-corrected chi connectivity index (χ2v) is 5.85. The van der Waals surface area contributed by atoms with E-state index in [1.165, 1.54) is 4.68 Å². The van der Waals surface area contributed by atoms with Crippen LogP contribution >= 0.6 is 0 Å². The number of hydrogen-bond acceptors (Lipinski definition) is 6. The van der Waals surface area contributed by atoms with Crippen LogP contribution in [0.2, 0.25) is 0 Å². The number of carbonyl (C=O) groups is 1. The molecule has 4 N–H and O–H groups in total. The molecule has 0 aliphatic carbocycles. The molecule has 0 unspecified atom stereocenters. The van der Waals surface area contributed by atoms with E-state index in [0.717, 1.165) is 0 Å². The van der Waals surface area contributed by atoms with E-state index in [9.17, 15) is 13.2 Å². The fourth-order valence-corrected chi connectivity index (χ4v) is 2.31. The van der Waals surface area contributed by atoms with Crippen LogP contribution in [0.3, 0.4) is 0 Å². The largest absolute Gasteiger partial charge is 0.370 e. The van der Waals surface area contributed by atoms with Crippen LogP contribution in [0, 0.1) is 0 Å². The van der Waals surface area contributed by atoms with E-state index in [1.807, 2.05) is 0 Å². The highest BCUT2D eigenvalue weighted by Crippen LogP contribution is 1.97. The van der Waals surface area contributed by atoms with Crippen LogP contribution in [0.25, 0.3) is 0 Å². The standard InChI is InChI=1S/C8H15N5O3S/c9-5-7-6-13(12-11-7)2-4-17(15,16)3-1-8(10)14/h6H,1-5,9H2,(H2,10,14). The average Bonchev–Trinajstić information content (AvgIpc) is 2.72. The minimum absolute atomic E-state index is 0.104. The van der Waals surface area contributed by atoms with Crippen LogP contribution in [0.15, 0.2) is 6.20 Å². The van der Waals surface area contributed by atoms with Crippen LogP contribution in [0.1, 0.15) is 12.1 Å². The van der Waals surface area contributed by atoms with Crippen molar-refractivity contribution in [3.63, 3.8) is 0 Å². The summed E-state index contributed by atoms with van der Waals surface area (Å²) in [4.78, 5) is 10.5. The molecule has 0 saturated carbocycles. The highest BCUT2D eigenvalue weighted by molar-refractivity contribution is 7.91. The molecule has 1 amide bonds. The van der Waals surface area contributed by atoms with E-state index in [4.69, 9.17) is 11.5 Å². The Hall–Kier alpha value is -1.48. The van der Waals surface area contributed by atoms with Crippen molar-refractivity contribution < 1.29 is 13.2 Å². The fraction of sp³-hybridized carbons (Fsp3) is 0.625. The smallest absolute Gasteiger partial charge is 0.218 e. The van der Waals surface area contributed by atoms with E-state index in [0.29, 0.717) is 5.69 Å². The minimum atomic E-state index is -3.29. The Kier molecular flexibility index (Phi) is 4.58. The number of sulfone groups is 1. The van der Waals surface area contributed by atoms with Crippen LogP contribution in [0.5, 0.6) is 0 Å². The average molecular weight is 261 g/mol. The third kappa shape index (κ3) is 4.91. The second-order valence-electron chi connectivity index (χ2n) is 3.55. The first-order valence-electron chi connectivity index (χ1n) is 5.01. The molecule has 0 spiro atoms. The fourth-order valence-electron chi connectivity index (χ4n) is 1.13. The molecule has 17 heavy (non-hydrogen) atoms. The lowest BCUT2D eigenvalue weighted by Crippen LogP contribution is -2.21. The second kappa shape index (κ2) is 5.73. The monoisotopic (exact) mass is 261 g/mol. The van der Waals surface area contributed by atoms with Crippen LogP contribution in [0.4, 0.5) is 0 Å². The summed E-state index contributed by atoms with van der Waals surface area (Å²) in [5.74, 6) is -0.964. The number of aryl methyl sites for hydroxylation is 1. The summed E-state index contributed by atoms with van der Waals surface area (Å²) in [7, 11) is -3.29. The van der Waals surface area contributed by atoms with Gasteiger partial charge in [0, 0.05) is 19.2 Å². The third-order valence-electron chi connectivity index (χ3n) is 2.09. The molecule has 0 saturated heterocycles. The predicted molar refractivity (Wildman–Crippen MR) is 60.4 cm³/mol. The normalized spacial score (nSPS) is 11.6. The molecule has 0 radical (unpaired) electrons. The van der Waals surface area contributed by atoms with E-state index in [2.05, 4.69) is 10.3 Å². The number of primary amides is 1. The molecule has 1 aromatic heterocycles. The van der Waals surface area contributed by atoms with E-state index >= 15 is 0 Å². The van der Waals surface area contributed by atoms with Gasteiger partial charge in [0.1, 0.15) is 0 Å². The zero-order valence-electron chi connectivity index (χ0n) is 9.24. The van der Waals surface area contributed by atoms with Crippen molar-refractivity contribution in [1.82, 2.24) is 15.0 Å². The molecule has 0 aliphatic heterocycles. The summed E-state index contributed by atoms with van der Waals surface area (Å²) in [6.07, 6.45) is 1.43. The van der Waals surface area contributed by atoms with E-state index in [-0.39, 0.29) is 31.0 Å². The molecule has 8 nitrogen and oxygen atoms in total. The van der Waals surface area contributed by atoms with Gasteiger partial charge in [-0.05, 0) is 0 Å². The first-order valence-corrected chi connectivity index (χ1v) is 6.83. The maximum absolute atomic E-state index is 11.5. The Bertz CT molecular complexity index is 481. The van der Waals surface area contributed by atoms with Crippen molar-refractivity contribution in [3.05, 3.63) is 11.9 Å². The van der Waals surface area contributed by atoms with Gasteiger partial charge in [0.05, 0.1) is 23.7 Å². The Morgan fingerprint density at radius 1 is 1.41 bits per heavy atom. The Morgan fingerprint density at radius 3 is 2.65 bits per heavy atom. The van der Waals surface area contributed by atoms with Crippen LogP contribution in [-0.2, 0) is 27.7 Å². The number of nitrogens with zero attached hydrogens (tertiary/aromatic N) is 3. The Balaban J connectivity index is 2.46. The zero-order valence-corrected chi connectivity index (χ0v) is 10.1. The molecular weight excluding hydrogens is 246 g/mol. The molecule has 96 valence electrons. The summed E-state index contributed by atoms with van der Waals surface area (Å²) in [5.41, 5.74) is 10.8. The summed E-state index contributed by atoms with van der Waals surface area (Å²) < 4.78 is 24.4. The number of nitrogens with two attached hydrogens (primary N) is 2. The van der Waals surface area contributed by atoms with Gasteiger partial charge in [0.25, 0.3) is 0 Å². The molecule has 0 bridgehead atoms. The van der Waals surface area contributed by atoms with Gasteiger partial charge in [0.2, 0.25) is 5.91 Å².